The second kappa shape index (κ2) is 9.52. The molecule has 2 atom stereocenters. The molecule has 1 spiro atoms. The van der Waals surface area contributed by atoms with E-state index in [4.69, 9.17) is 9.47 Å². The van der Waals surface area contributed by atoms with Crippen LogP contribution >= 0.6 is 0 Å². The van der Waals surface area contributed by atoms with E-state index in [0.29, 0.717) is 19.5 Å². The van der Waals surface area contributed by atoms with E-state index in [9.17, 15) is 19.4 Å². The molecule has 2 aromatic carbocycles. The van der Waals surface area contributed by atoms with Crippen LogP contribution in [0.5, 0.6) is 11.5 Å². The van der Waals surface area contributed by atoms with Crippen molar-refractivity contribution >= 4 is 5.91 Å². The van der Waals surface area contributed by atoms with Gasteiger partial charge in [0, 0.05) is 58.1 Å². The maximum atomic E-state index is 13.9. The van der Waals surface area contributed by atoms with Gasteiger partial charge in [-0.1, -0.05) is 18.2 Å². The van der Waals surface area contributed by atoms with Crippen molar-refractivity contribution in [2.24, 2.45) is 0 Å². The number of nitrogens with zero attached hydrogens (tertiary/aromatic N) is 2. The molecule has 3 aliphatic rings. The molecule has 0 aromatic heterocycles. The highest BCUT2D eigenvalue weighted by molar-refractivity contribution is 5.97. The first kappa shape index (κ1) is 23.1. The molecule has 3 heterocycles. The molecular formula is C26H31FN2O5. The lowest BCUT2D eigenvalue weighted by Gasteiger charge is -2.39. The molecule has 2 N–H and O–H groups in total. The van der Waals surface area contributed by atoms with Crippen LogP contribution in [0.2, 0.25) is 0 Å². The molecule has 0 aliphatic carbocycles. The fourth-order valence-electron chi connectivity index (χ4n) is 5.21. The summed E-state index contributed by atoms with van der Waals surface area (Å²) in [6, 6.07) is 12.0. The van der Waals surface area contributed by atoms with E-state index in [0.717, 1.165) is 38.1 Å². The number of piperidine rings is 1. The first-order valence-corrected chi connectivity index (χ1v) is 12.0. The van der Waals surface area contributed by atoms with Gasteiger partial charge in [0.1, 0.15) is 35.6 Å². The van der Waals surface area contributed by atoms with Gasteiger partial charge in [0.15, 0.2) is 0 Å². The number of hydrogen-bond acceptors (Lipinski definition) is 6. The summed E-state index contributed by atoms with van der Waals surface area (Å²) < 4.78 is 25.9. The van der Waals surface area contributed by atoms with E-state index >= 15 is 0 Å². The number of benzene rings is 2. The molecule has 182 valence electrons. The average molecular weight is 471 g/mol. The number of hydrogen-bond donors (Lipinski definition) is 2. The zero-order valence-corrected chi connectivity index (χ0v) is 19.2. The summed E-state index contributed by atoms with van der Waals surface area (Å²) in [7, 11) is 0. The number of β-amino-alcohol motifs (C(OH)–C–C–N with tert-alkyl or cyclic N) is 2. The molecule has 34 heavy (non-hydrogen) atoms. The van der Waals surface area contributed by atoms with Gasteiger partial charge in [0.2, 0.25) is 0 Å². The number of carbonyl (C=O) groups excluding carboxylic acids is 1. The highest BCUT2D eigenvalue weighted by atomic mass is 19.1. The molecular weight excluding hydrogens is 439 g/mol. The minimum Gasteiger partial charge on any atom is -0.490 e. The lowest BCUT2D eigenvalue weighted by molar-refractivity contribution is -0.00203. The molecule has 2 saturated heterocycles. The highest BCUT2D eigenvalue weighted by Crippen LogP contribution is 2.40. The van der Waals surface area contributed by atoms with Crippen LogP contribution in [0.15, 0.2) is 42.5 Å². The third-order valence-electron chi connectivity index (χ3n) is 7.10. The predicted octanol–water partition coefficient (Wildman–Crippen LogP) is 2.24. The van der Waals surface area contributed by atoms with Gasteiger partial charge in [-0.3, -0.25) is 4.79 Å². The smallest absolute Gasteiger partial charge is 0.257 e. The lowest BCUT2D eigenvalue weighted by atomic mass is 9.87. The fraction of sp³-hybridized carbons (Fsp3) is 0.500. The molecule has 5 rings (SSSR count). The van der Waals surface area contributed by atoms with Crippen LogP contribution in [0.25, 0.3) is 0 Å². The van der Waals surface area contributed by atoms with Gasteiger partial charge in [0.25, 0.3) is 5.91 Å². The summed E-state index contributed by atoms with van der Waals surface area (Å²) in [6.45, 7) is 2.71. The fourth-order valence-corrected chi connectivity index (χ4v) is 5.21. The Kier molecular flexibility index (Phi) is 6.46. The van der Waals surface area contributed by atoms with Crippen LogP contribution in [-0.4, -0.2) is 83.1 Å². The summed E-state index contributed by atoms with van der Waals surface area (Å²) in [4.78, 5) is 16.5. The predicted molar refractivity (Wildman–Crippen MR) is 124 cm³/mol. The Labute approximate surface area is 198 Å². The Morgan fingerprint density at radius 3 is 2.74 bits per heavy atom. The minimum atomic E-state index is -0.782. The number of para-hydroxylation sites is 1. The lowest BCUT2D eigenvalue weighted by Crippen LogP contribution is -2.49. The monoisotopic (exact) mass is 470 g/mol. The minimum absolute atomic E-state index is 0.0457. The largest absolute Gasteiger partial charge is 0.490 e. The van der Waals surface area contributed by atoms with Crippen LogP contribution in [0.3, 0.4) is 0 Å². The normalized spacial score (nSPS) is 22.4. The van der Waals surface area contributed by atoms with E-state index in [2.05, 4.69) is 11.0 Å². The maximum Gasteiger partial charge on any atom is 0.257 e. The number of ether oxygens (including phenoxy) is 2. The maximum absolute atomic E-state index is 13.9. The van der Waals surface area contributed by atoms with Crippen molar-refractivity contribution in [3.63, 3.8) is 0 Å². The van der Waals surface area contributed by atoms with Crippen LogP contribution in [-0.2, 0) is 6.42 Å². The number of likely N-dealkylation sites (tertiary alicyclic amines) is 2. The van der Waals surface area contributed by atoms with E-state index in [1.165, 1.54) is 28.7 Å². The van der Waals surface area contributed by atoms with Crippen molar-refractivity contribution in [2.75, 3.05) is 39.3 Å². The number of halogens is 1. The molecule has 8 heteroatoms. The summed E-state index contributed by atoms with van der Waals surface area (Å²) in [5, 5.41) is 20.3. The van der Waals surface area contributed by atoms with Crippen LogP contribution < -0.4 is 9.47 Å². The number of aliphatic hydroxyl groups is 2. The van der Waals surface area contributed by atoms with Gasteiger partial charge < -0.3 is 29.5 Å². The van der Waals surface area contributed by atoms with Crippen molar-refractivity contribution in [2.45, 2.75) is 43.5 Å². The molecule has 2 aromatic rings. The molecule has 2 fully saturated rings. The van der Waals surface area contributed by atoms with Crippen molar-refractivity contribution < 1.29 is 28.9 Å². The third-order valence-corrected chi connectivity index (χ3v) is 7.10. The van der Waals surface area contributed by atoms with E-state index in [-0.39, 0.29) is 36.0 Å². The van der Waals surface area contributed by atoms with Gasteiger partial charge in [-0.2, -0.15) is 0 Å². The van der Waals surface area contributed by atoms with Gasteiger partial charge in [0.05, 0.1) is 11.7 Å². The molecule has 0 bridgehead atoms. The third kappa shape index (κ3) is 4.89. The van der Waals surface area contributed by atoms with Crippen molar-refractivity contribution in [1.29, 1.82) is 0 Å². The Balaban J connectivity index is 1.13. The molecule has 3 aliphatic heterocycles. The van der Waals surface area contributed by atoms with Gasteiger partial charge in [-0.05, 0) is 30.2 Å². The van der Waals surface area contributed by atoms with Crippen molar-refractivity contribution in [3.05, 3.63) is 59.4 Å². The topological polar surface area (TPSA) is 82.5 Å². The Morgan fingerprint density at radius 1 is 1.21 bits per heavy atom. The summed E-state index contributed by atoms with van der Waals surface area (Å²) in [5.74, 6) is 0.273. The number of rotatable bonds is 6. The quantitative estimate of drug-likeness (QED) is 0.674. The molecule has 0 radical (unpaired) electrons. The number of carbonyl (C=O) groups is 1. The van der Waals surface area contributed by atoms with Crippen LogP contribution in [0.4, 0.5) is 4.39 Å². The van der Waals surface area contributed by atoms with Gasteiger partial charge in [-0.25, -0.2) is 4.39 Å². The Morgan fingerprint density at radius 2 is 2.00 bits per heavy atom. The standard InChI is InChI=1S/C26H31FN2O5/c27-19-5-6-22(25(32)29-10-7-20(30)16-29)24(13-19)33-17-21(31)15-28-11-8-26(9-12-28)14-18-3-1-2-4-23(18)34-26/h1-6,13,20-21,30-31H,7-12,14-17H2/t20-,21+/m0/s1. The van der Waals surface area contributed by atoms with Crippen molar-refractivity contribution in [1.82, 2.24) is 9.80 Å². The van der Waals surface area contributed by atoms with Gasteiger partial charge >= 0.3 is 0 Å². The summed E-state index contributed by atoms with van der Waals surface area (Å²) in [5.41, 5.74) is 1.34. The first-order chi connectivity index (χ1) is 16.4. The molecule has 7 nitrogen and oxygen atoms in total. The highest BCUT2D eigenvalue weighted by Gasteiger charge is 2.42. The molecule has 1 amide bonds. The SMILES string of the molecule is O=C(c1ccc(F)cc1OC[C@H](O)CN1CCC2(CC1)Cc1ccccc1O2)N1CC[C@H](O)C1. The summed E-state index contributed by atoms with van der Waals surface area (Å²) in [6.07, 6.45) is 1.90. The second-order valence-electron chi connectivity index (χ2n) is 9.67. The van der Waals surface area contributed by atoms with E-state index < -0.39 is 18.0 Å². The second-order valence-corrected chi connectivity index (χ2v) is 9.67. The molecule has 0 saturated carbocycles. The van der Waals surface area contributed by atoms with Crippen molar-refractivity contribution in [3.8, 4) is 11.5 Å². The number of fused-ring (bicyclic) bond motifs is 1. The van der Waals surface area contributed by atoms with E-state index in [1.54, 1.807) is 0 Å². The zero-order valence-electron chi connectivity index (χ0n) is 19.2. The Hall–Kier alpha value is -2.68. The van der Waals surface area contributed by atoms with Gasteiger partial charge in [-0.15, -0.1) is 0 Å². The molecule has 0 unspecified atom stereocenters. The first-order valence-electron chi connectivity index (χ1n) is 12.0. The average Bonchev–Trinajstić information content (AvgIpc) is 3.42. The van der Waals surface area contributed by atoms with Crippen LogP contribution in [0, 0.1) is 5.82 Å². The summed E-state index contributed by atoms with van der Waals surface area (Å²) >= 11 is 0. The van der Waals surface area contributed by atoms with E-state index in [1.807, 2.05) is 18.2 Å². The Bertz CT molecular complexity index is 1010. The number of aliphatic hydroxyl groups excluding tert-OH is 2. The zero-order chi connectivity index (χ0) is 23.7. The number of amides is 1. The van der Waals surface area contributed by atoms with Crippen LogP contribution in [0.1, 0.15) is 35.2 Å².